The molecule has 2 N–H and O–H groups in total. The summed E-state index contributed by atoms with van der Waals surface area (Å²) in [6, 6.07) is 8.31. The number of fused-ring (bicyclic) bond motifs is 3. The summed E-state index contributed by atoms with van der Waals surface area (Å²) in [5.74, 6) is -0.218. The lowest BCUT2D eigenvalue weighted by atomic mass is 9.73. The largest absolute Gasteiger partial charge is 0.365 e. The molecular weight excluding hydrogens is 390 g/mol. The van der Waals surface area contributed by atoms with E-state index >= 15 is 0 Å². The van der Waals surface area contributed by atoms with Gasteiger partial charge in [-0.15, -0.1) is 0 Å². The standard InChI is InChI=1S/C24H29N5O2/c1-16(2)28-12-6-10-24(23(28)31)9-5-11-27(15-24)29-20-8-4-3-7-17(20)18-13-26-14-19(21(18)29)22(25)30/h3-4,7-8,13-14,16H,5-6,9-12,15H2,1-2H3,(H2,25,30). The lowest BCUT2D eigenvalue weighted by Crippen LogP contribution is -2.59. The van der Waals surface area contributed by atoms with Gasteiger partial charge in [0.15, 0.2) is 0 Å². The Bertz CT molecular complexity index is 1180. The number of piperidine rings is 2. The number of primary amides is 1. The summed E-state index contributed by atoms with van der Waals surface area (Å²) >= 11 is 0. The first-order chi connectivity index (χ1) is 14.9. The minimum Gasteiger partial charge on any atom is -0.365 e. The van der Waals surface area contributed by atoms with Crippen LogP contribution in [-0.4, -0.2) is 52.1 Å². The number of hydrogen-bond donors (Lipinski definition) is 1. The number of carbonyl (C=O) groups excluding carboxylic acids is 2. The summed E-state index contributed by atoms with van der Waals surface area (Å²) in [7, 11) is 0. The number of benzene rings is 1. The van der Waals surface area contributed by atoms with Gasteiger partial charge in [0.1, 0.15) is 0 Å². The number of rotatable bonds is 3. The molecule has 3 aromatic rings. The van der Waals surface area contributed by atoms with Gasteiger partial charge in [-0.1, -0.05) is 18.2 Å². The smallest absolute Gasteiger partial charge is 0.252 e. The van der Waals surface area contributed by atoms with Crippen LogP contribution >= 0.6 is 0 Å². The number of pyridine rings is 1. The molecule has 0 saturated carbocycles. The fraction of sp³-hybridized carbons (Fsp3) is 0.458. The first-order valence-electron chi connectivity index (χ1n) is 11.2. The van der Waals surface area contributed by atoms with Gasteiger partial charge < -0.3 is 15.6 Å². The minimum atomic E-state index is -0.492. The molecule has 0 radical (unpaired) electrons. The fourth-order valence-electron chi connectivity index (χ4n) is 5.61. The Morgan fingerprint density at radius 1 is 1.10 bits per heavy atom. The van der Waals surface area contributed by atoms with E-state index in [-0.39, 0.29) is 17.4 Å². The molecule has 0 bridgehead atoms. The molecule has 1 atom stereocenters. The van der Waals surface area contributed by atoms with Crippen LogP contribution in [-0.2, 0) is 4.79 Å². The van der Waals surface area contributed by atoms with E-state index < -0.39 is 5.91 Å². The van der Waals surface area contributed by atoms with Crippen LogP contribution in [0, 0.1) is 5.41 Å². The average molecular weight is 420 g/mol. The highest BCUT2D eigenvalue weighted by molar-refractivity contribution is 6.15. The van der Waals surface area contributed by atoms with Crippen molar-refractivity contribution in [2.75, 3.05) is 24.6 Å². The predicted molar refractivity (Wildman–Crippen MR) is 121 cm³/mol. The summed E-state index contributed by atoms with van der Waals surface area (Å²) < 4.78 is 2.12. The number of para-hydroxylation sites is 1. The maximum Gasteiger partial charge on any atom is 0.252 e. The van der Waals surface area contributed by atoms with Gasteiger partial charge in [-0.3, -0.25) is 19.2 Å². The number of nitrogens with two attached hydrogens (primary N) is 1. The normalized spacial score (nSPS) is 22.2. The maximum absolute atomic E-state index is 13.6. The summed E-state index contributed by atoms with van der Waals surface area (Å²) in [4.78, 5) is 32.2. The minimum absolute atomic E-state index is 0.209. The van der Waals surface area contributed by atoms with E-state index in [1.807, 2.05) is 23.1 Å². The molecule has 7 heteroatoms. The topological polar surface area (TPSA) is 84.5 Å². The van der Waals surface area contributed by atoms with Gasteiger partial charge in [0.05, 0.1) is 22.0 Å². The molecule has 2 aliphatic heterocycles. The first-order valence-corrected chi connectivity index (χ1v) is 11.2. The van der Waals surface area contributed by atoms with Gasteiger partial charge in [-0.05, 0) is 45.6 Å². The summed E-state index contributed by atoms with van der Waals surface area (Å²) in [6.07, 6.45) is 7.13. The van der Waals surface area contributed by atoms with E-state index in [4.69, 9.17) is 5.73 Å². The van der Waals surface area contributed by atoms with Crippen LogP contribution in [0.1, 0.15) is 49.9 Å². The highest BCUT2D eigenvalue weighted by Crippen LogP contribution is 2.41. The lowest BCUT2D eigenvalue weighted by Gasteiger charge is -2.49. The highest BCUT2D eigenvalue weighted by atomic mass is 16.2. The van der Waals surface area contributed by atoms with E-state index in [1.165, 1.54) is 0 Å². The zero-order valence-corrected chi connectivity index (χ0v) is 18.2. The third-order valence-electron chi connectivity index (χ3n) is 7.05. The van der Waals surface area contributed by atoms with Crippen molar-refractivity contribution in [1.29, 1.82) is 0 Å². The van der Waals surface area contributed by atoms with Crippen molar-refractivity contribution in [3.05, 3.63) is 42.2 Å². The van der Waals surface area contributed by atoms with Gasteiger partial charge in [-0.2, -0.15) is 0 Å². The van der Waals surface area contributed by atoms with Gasteiger partial charge in [0, 0.05) is 48.8 Å². The number of amides is 2. The average Bonchev–Trinajstić information content (AvgIpc) is 3.10. The molecule has 1 aromatic carbocycles. The molecule has 2 saturated heterocycles. The Hall–Kier alpha value is -3.09. The molecule has 2 aliphatic rings. The maximum atomic E-state index is 13.6. The summed E-state index contributed by atoms with van der Waals surface area (Å²) in [6.45, 7) is 6.49. The SMILES string of the molecule is CC(C)N1CCCC2(CCCN(n3c4ccccc4c4cncc(C(N)=O)c43)C2)C1=O. The van der Waals surface area contributed by atoms with Gasteiger partial charge in [0.2, 0.25) is 5.91 Å². The molecule has 2 aromatic heterocycles. The van der Waals surface area contributed by atoms with Gasteiger partial charge in [-0.25, -0.2) is 0 Å². The zero-order valence-electron chi connectivity index (χ0n) is 18.2. The molecule has 162 valence electrons. The highest BCUT2D eigenvalue weighted by Gasteiger charge is 2.47. The molecule has 1 spiro atoms. The Balaban J connectivity index is 1.67. The van der Waals surface area contributed by atoms with E-state index in [1.54, 1.807) is 12.4 Å². The fourth-order valence-corrected chi connectivity index (χ4v) is 5.61. The zero-order chi connectivity index (χ0) is 21.8. The Morgan fingerprint density at radius 2 is 1.84 bits per heavy atom. The van der Waals surface area contributed by atoms with Crippen molar-refractivity contribution in [1.82, 2.24) is 14.6 Å². The van der Waals surface area contributed by atoms with Gasteiger partial charge in [0.25, 0.3) is 5.91 Å². The predicted octanol–water partition coefficient (Wildman–Crippen LogP) is 3.04. The number of nitrogens with zero attached hydrogens (tertiary/aromatic N) is 4. The van der Waals surface area contributed by atoms with Crippen molar-refractivity contribution in [3.8, 4) is 0 Å². The molecule has 7 nitrogen and oxygen atoms in total. The number of hydrogen-bond acceptors (Lipinski definition) is 4. The van der Waals surface area contributed by atoms with Crippen molar-refractivity contribution < 1.29 is 9.59 Å². The van der Waals surface area contributed by atoms with Crippen LogP contribution < -0.4 is 10.7 Å². The molecule has 5 rings (SSSR count). The molecule has 31 heavy (non-hydrogen) atoms. The van der Waals surface area contributed by atoms with Crippen molar-refractivity contribution in [3.63, 3.8) is 0 Å². The quantitative estimate of drug-likeness (QED) is 0.707. The second kappa shape index (κ2) is 7.25. The monoisotopic (exact) mass is 419 g/mol. The second-order valence-corrected chi connectivity index (χ2v) is 9.24. The van der Waals surface area contributed by atoms with Gasteiger partial charge >= 0.3 is 0 Å². The molecule has 1 unspecified atom stereocenters. The van der Waals surface area contributed by atoms with Crippen LogP contribution in [0.25, 0.3) is 21.8 Å². The van der Waals surface area contributed by atoms with Crippen molar-refractivity contribution in [2.45, 2.75) is 45.6 Å². The first kappa shape index (κ1) is 19.8. The number of likely N-dealkylation sites (tertiary alicyclic amines) is 1. The summed E-state index contributed by atoms with van der Waals surface area (Å²) in [5.41, 5.74) is 7.56. The molecule has 2 amide bonds. The Morgan fingerprint density at radius 3 is 2.58 bits per heavy atom. The van der Waals surface area contributed by atoms with E-state index in [0.29, 0.717) is 12.1 Å². The van der Waals surface area contributed by atoms with Crippen LogP contribution in [0.4, 0.5) is 0 Å². The Kier molecular flexibility index (Phi) is 4.64. The van der Waals surface area contributed by atoms with Crippen LogP contribution in [0.5, 0.6) is 0 Å². The lowest BCUT2D eigenvalue weighted by molar-refractivity contribution is -0.149. The number of carbonyl (C=O) groups is 2. The van der Waals surface area contributed by atoms with E-state index in [2.05, 4.69) is 34.6 Å². The van der Waals surface area contributed by atoms with Crippen molar-refractivity contribution in [2.24, 2.45) is 11.1 Å². The van der Waals surface area contributed by atoms with E-state index in [9.17, 15) is 9.59 Å². The van der Waals surface area contributed by atoms with Crippen LogP contribution in [0.15, 0.2) is 36.7 Å². The third kappa shape index (κ3) is 2.98. The van der Waals surface area contributed by atoms with Crippen LogP contribution in [0.2, 0.25) is 0 Å². The number of aromatic nitrogens is 2. The summed E-state index contributed by atoms with van der Waals surface area (Å²) in [5, 5.41) is 4.19. The molecule has 0 aliphatic carbocycles. The van der Waals surface area contributed by atoms with E-state index in [0.717, 1.165) is 60.6 Å². The van der Waals surface area contributed by atoms with Crippen LogP contribution in [0.3, 0.4) is 0 Å². The van der Waals surface area contributed by atoms with Crippen molar-refractivity contribution >= 4 is 33.6 Å². The molecular formula is C24H29N5O2. The second-order valence-electron chi connectivity index (χ2n) is 9.24. The molecule has 2 fully saturated rings. The molecule has 4 heterocycles. The Labute approximate surface area is 181 Å². The third-order valence-corrected chi connectivity index (χ3v) is 7.05.